The predicted molar refractivity (Wildman–Crippen MR) is 119 cm³/mol. The second kappa shape index (κ2) is 7.37. The molecule has 3 heterocycles. The third kappa shape index (κ3) is 2.95. The maximum absolute atomic E-state index is 13.5. The van der Waals surface area contributed by atoms with E-state index in [4.69, 9.17) is 9.15 Å². The molecule has 0 bridgehead atoms. The fraction of sp³-hybridized carbons (Fsp3) is 0.136. The standard InChI is InChI=1S/C22H15BrN2O4S/c1-2-28-14-6-3-12(4-7-14)18-17-19(26)15-11-13(23)5-8-16(15)29-20(17)21(27)25(18)22-24-9-10-30-22/h3-11,18H,2H2,1H3/t18-/m1/s1. The van der Waals surface area contributed by atoms with E-state index in [1.807, 2.05) is 31.2 Å². The third-order valence-corrected chi connectivity index (χ3v) is 6.23. The zero-order chi connectivity index (χ0) is 20.8. The molecule has 2 aromatic heterocycles. The summed E-state index contributed by atoms with van der Waals surface area (Å²) in [5, 5.41) is 2.73. The first-order chi connectivity index (χ1) is 14.6. The van der Waals surface area contributed by atoms with Crippen LogP contribution < -0.4 is 15.1 Å². The van der Waals surface area contributed by atoms with Crippen molar-refractivity contribution in [3.63, 3.8) is 0 Å². The number of thiazole rings is 1. The van der Waals surface area contributed by atoms with E-state index >= 15 is 0 Å². The highest BCUT2D eigenvalue weighted by atomic mass is 79.9. The van der Waals surface area contributed by atoms with Crippen molar-refractivity contribution in [1.29, 1.82) is 0 Å². The lowest BCUT2D eigenvalue weighted by Crippen LogP contribution is -2.29. The average molecular weight is 483 g/mol. The van der Waals surface area contributed by atoms with Gasteiger partial charge in [-0.15, -0.1) is 11.3 Å². The highest BCUT2D eigenvalue weighted by molar-refractivity contribution is 9.10. The summed E-state index contributed by atoms with van der Waals surface area (Å²) in [4.78, 5) is 32.7. The molecule has 1 amide bonds. The molecular weight excluding hydrogens is 468 g/mol. The molecule has 8 heteroatoms. The molecule has 0 aliphatic carbocycles. The van der Waals surface area contributed by atoms with Crippen LogP contribution in [0, 0.1) is 0 Å². The van der Waals surface area contributed by atoms with Crippen LogP contribution in [0.3, 0.4) is 0 Å². The van der Waals surface area contributed by atoms with Crippen LogP contribution in [0.2, 0.25) is 0 Å². The third-order valence-electron chi connectivity index (χ3n) is 4.96. The van der Waals surface area contributed by atoms with Crippen LogP contribution in [0.25, 0.3) is 11.0 Å². The maximum Gasteiger partial charge on any atom is 0.297 e. The van der Waals surface area contributed by atoms with Gasteiger partial charge in [-0.1, -0.05) is 28.1 Å². The minimum atomic E-state index is -0.631. The first kappa shape index (κ1) is 19.0. The number of amides is 1. The Hall–Kier alpha value is -2.97. The van der Waals surface area contributed by atoms with E-state index in [2.05, 4.69) is 20.9 Å². The molecule has 0 fully saturated rings. The van der Waals surface area contributed by atoms with Crippen LogP contribution in [-0.4, -0.2) is 17.5 Å². The second-order valence-electron chi connectivity index (χ2n) is 6.71. The molecule has 0 radical (unpaired) electrons. The number of halogens is 1. The number of hydrogen-bond donors (Lipinski definition) is 0. The van der Waals surface area contributed by atoms with Crippen LogP contribution in [0.5, 0.6) is 5.75 Å². The van der Waals surface area contributed by atoms with Crippen LogP contribution in [0.1, 0.15) is 34.6 Å². The number of anilines is 1. The molecule has 1 aliphatic heterocycles. The number of aromatic nitrogens is 1. The number of rotatable bonds is 4. The lowest BCUT2D eigenvalue weighted by molar-refractivity contribution is 0.0971. The first-order valence-corrected chi connectivity index (χ1v) is 11.0. The number of carbonyl (C=O) groups is 1. The summed E-state index contributed by atoms with van der Waals surface area (Å²) in [6.07, 6.45) is 1.63. The Bertz CT molecular complexity index is 1320. The molecule has 0 saturated heterocycles. The van der Waals surface area contributed by atoms with E-state index in [9.17, 15) is 9.59 Å². The molecule has 2 aromatic carbocycles. The van der Waals surface area contributed by atoms with E-state index < -0.39 is 6.04 Å². The van der Waals surface area contributed by atoms with Gasteiger partial charge in [-0.3, -0.25) is 14.5 Å². The number of benzene rings is 2. The second-order valence-corrected chi connectivity index (χ2v) is 8.50. The Morgan fingerprint density at radius 2 is 2.00 bits per heavy atom. The Kier molecular flexibility index (Phi) is 4.67. The molecule has 150 valence electrons. The van der Waals surface area contributed by atoms with Crippen molar-refractivity contribution >= 4 is 49.3 Å². The summed E-state index contributed by atoms with van der Waals surface area (Å²) in [5.74, 6) is 0.408. The predicted octanol–water partition coefficient (Wildman–Crippen LogP) is 5.16. The molecule has 0 saturated carbocycles. The Morgan fingerprint density at radius 1 is 1.20 bits per heavy atom. The minimum Gasteiger partial charge on any atom is -0.494 e. The van der Waals surface area contributed by atoms with Gasteiger partial charge in [-0.05, 0) is 42.8 Å². The molecule has 6 nitrogen and oxygen atoms in total. The van der Waals surface area contributed by atoms with Crippen LogP contribution >= 0.6 is 27.3 Å². The van der Waals surface area contributed by atoms with E-state index in [-0.39, 0.29) is 17.1 Å². The van der Waals surface area contributed by atoms with Crippen molar-refractivity contribution in [3.8, 4) is 5.75 Å². The molecule has 30 heavy (non-hydrogen) atoms. The number of hydrogen-bond acceptors (Lipinski definition) is 6. The van der Waals surface area contributed by atoms with Gasteiger partial charge in [0.15, 0.2) is 10.6 Å². The van der Waals surface area contributed by atoms with Crippen LogP contribution in [0.4, 0.5) is 5.13 Å². The monoisotopic (exact) mass is 482 g/mol. The van der Waals surface area contributed by atoms with Gasteiger partial charge >= 0.3 is 0 Å². The van der Waals surface area contributed by atoms with Gasteiger partial charge < -0.3 is 9.15 Å². The van der Waals surface area contributed by atoms with Crippen molar-refractivity contribution < 1.29 is 13.9 Å². The summed E-state index contributed by atoms with van der Waals surface area (Å²) < 4.78 is 12.2. The largest absolute Gasteiger partial charge is 0.494 e. The fourth-order valence-electron chi connectivity index (χ4n) is 3.71. The van der Waals surface area contributed by atoms with E-state index in [1.54, 1.807) is 29.8 Å². The van der Waals surface area contributed by atoms with Gasteiger partial charge in [0.25, 0.3) is 5.91 Å². The Balaban J connectivity index is 1.76. The van der Waals surface area contributed by atoms with Gasteiger partial charge in [0.05, 0.1) is 23.6 Å². The minimum absolute atomic E-state index is 0.0592. The lowest BCUT2D eigenvalue weighted by atomic mass is 9.98. The smallest absolute Gasteiger partial charge is 0.297 e. The quantitative estimate of drug-likeness (QED) is 0.401. The summed E-state index contributed by atoms with van der Waals surface area (Å²) in [6, 6.07) is 11.9. The highest BCUT2D eigenvalue weighted by Gasteiger charge is 2.44. The van der Waals surface area contributed by atoms with Crippen molar-refractivity contribution in [3.05, 3.63) is 85.6 Å². The summed E-state index contributed by atoms with van der Waals surface area (Å²) in [6.45, 7) is 2.47. The van der Waals surface area contributed by atoms with Gasteiger partial charge in [-0.2, -0.15) is 0 Å². The average Bonchev–Trinajstić information content (AvgIpc) is 3.36. The molecule has 0 unspecified atom stereocenters. The molecule has 1 aliphatic rings. The maximum atomic E-state index is 13.5. The molecule has 0 spiro atoms. The molecule has 4 aromatic rings. The number of fused-ring (bicyclic) bond motifs is 2. The van der Waals surface area contributed by atoms with Crippen molar-refractivity contribution in [2.45, 2.75) is 13.0 Å². The molecule has 1 atom stereocenters. The number of carbonyl (C=O) groups excluding carboxylic acids is 1. The molecule has 5 rings (SSSR count). The van der Waals surface area contributed by atoms with E-state index in [0.717, 1.165) is 15.8 Å². The topological polar surface area (TPSA) is 72.6 Å². The highest BCUT2D eigenvalue weighted by Crippen LogP contribution is 2.42. The van der Waals surface area contributed by atoms with E-state index in [0.29, 0.717) is 28.3 Å². The zero-order valence-corrected chi connectivity index (χ0v) is 18.2. The van der Waals surface area contributed by atoms with Gasteiger partial charge in [-0.25, -0.2) is 4.98 Å². The van der Waals surface area contributed by atoms with Gasteiger partial charge in [0.1, 0.15) is 11.3 Å². The molecule has 0 N–H and O–H groups in total. The zero-order valence-electron chi connectivity index (χ0n) is 15.8. The van der Waals surface area contributed by atoms with Crippen molar-refractivity contribution in [2.75, 3.05) is 11.5 Å². The number of nitrogens with zero attached hydrogens (tertiary/aromatic N) is 2. The number of ether oxygens (including phenoxy) is 1. The Labute approximate surface area is 183 Å². The lowest BCUT2D eigenvalue weighted by Gasteiger charge is -2.22. The molecular formula is C22H15BrN2O4S. The summed E-state index contributed by atoms with van der Waals surface area (Å²) >= 11 is 4.74. The Morgan fingerprint density at radius 3 is 2.70 bits per heavy atom. The fourth-order valence-corrected chi connectivity index (χ4v) is 4.73. The first-order valence-electron chi connectivity index (χ1n) is 9.30. The SMILES string of the molecule is CCOc1ccc([C@@H]2c3c(oc4ccc(Br)cc4c3=O)C(=O)N2c2nccs2)cc1. The van der Waals surface area contributed by atoms with Gasteiger partial charge in [0.2, 0.25) is 5.76 Å². The van der Waals surface area contributed by atoms with Crippen molar-refractivity contribution in [1.82, 2.24) is 4.98 Å². The summed E-state index contributed by atoms with van der Waals surface area (Å²) in [5.41, 5.74) is 1.26. The van der Waals surface area contributed by atoms with E-state index in [1.165, 1.54) is 16.2 Å². The van der Waals surface area contributed by atoms with Crippen LogP contribution in [0.15, 0.2) is 67.7 Å². The summed E-state index contributed by atoms with van der Waals surface area (Å²) in [7, 11) is 0. The normalized spacial score (nSPS) is 15.6. The van der Waals surface area contributed by atoms with Crippen LogP contribution in [-0.2, 0) is 0 Å². The van der Waals surface area contributed by atoms with Gasteiger partial charge in [0, 0.05) is 16.0 Å². The van der Waals surface area contributed by atoms with Crippen molar-refractivity contribution in [2.24, 2.45) is 0 Å².